The van der Waals surface area contributed by atoms with E-state index >= 15 is 0 Å². The number of aliphatic hydroxyl groups is 1. The van der Waals surface area contributed by atoms with Crippen LogP contribution in [0.3, 0.4) is 0 Å². The first-order valence-corrected chi connectivity index (χ1v) is 9.70. The molecule has 2 unspecified atom stereocenters. The van der Waals surface area contributed by atoms with E-state index in [1.807, 2.05) is 0 Å². The van der Waals surface area contributed by atoms with Gasteiger partial charge in [0.2, 0.25) is 0 Å². The molecule has 0 saturated carbocycles. The molecule has 0 aliphatic carbocycles. The zero-order chi connectivity index (χ0) is 18.3. The summed E-state index contributed by atoms with van der Waals surface area (Å²) in [4.78, 5) is 0. The van der Waals surface area contributed by atoms with Crippen LogP contribution in [0.15, 0.2) is 24.3 Å². The van der Waals surface area contributed by atoms with Crippen LogP contribution in [0.2, 0.25) is 0 Å². The summed E-state index contributed by atoms with van der Waals surface area (Å²) in [5, 5.41) is 8.58. The Morgan fingerprint density at radius 3 is 2.08 bits per heavy atom. The van der Waals surface area contributed by atoms with Gasteiger partial charge < -0.3 is 19.3 Å². The fourth-order valence-electron chi connectivity index (χ4n) is 2.74. The quantitative estimate of drug-likeness (QED) is 0.475. The number of hydrogen-bond acceptors (Lipinski definition) is 4. The van der Waals surface area contributed by atoms with Gasteiger partial charge in [-0.05, 0) is 42.4 Å². The van der Waals surface area contributed by atoms with Crippen molar-refractivity contribution in [3.8, 4) is 5.75 Å². The third-order valence-corrected chi connectivity index (χ3v) is 4.65. The van der Waals surface area contributed by atoms with E-state index in [2.05, 4.69) is 45.0 Å². The molecule has 0 aliphatic heterocycles. The predicted octanol–water partition coefficient (Wildman–Crippen LogP) is 4.41. The van der Waals surface area contributed by atoms with E-state index < -0.39 is 0 Å². The highest BCUT2D eigenvalue weighted by Gasteiger charge is 2.11. The Morgan fingerprint density at radius 1 is 0.840 bits per heavy atom. The predicted molar refractivity (Wildman–Crippen MR) is 102 cm³/mol. The van der Waals surface area contributed by atoms with Crippen LogP contribution in [0.25, 0.3) is 0 Å². The van der Waals surface area contributed by atoms with Gasteiger partial charge >= 0.3 is 0 Å². The van der Waals surface area contributed by atoms with E-state index in [9.17, 15) is 0 Å². The van der Waals surface area contributed by atoms with Crippen LogP contribution in [-0.2, 0) is 9.47 Å². The fraction of sp³-hybridized carbons (Fsp3) is 0.714. The number of rotatable bonds is 15. The number of hydrogen-bond donors (Lipinski definition) is 1. The lowest BCUT2D eigenvalue weighted by molar-refractivity contribution is 0.0247. The van der Waals surface area contributed by atoms with Gasteiger partial charge in [-0.25, -0.2) is 0 Å². The summed E-state index contributed by atoms with van der Waals surface area (Å²) in [7, 11) is 0. The maximum atomic E-state index is 8.58. The van der Waals surface area contributed by atoms with Crippen LogP contribution in [0.4, 0.5) is 0 Å². The standard InChI is InChI=1S/C21H36O4/c1-4-18(3)6-7-19(5-2)20-8-10-21(11-9-20)25-17-16-24-15-14-23-13-12-22/h8-11,18-19,22H,4-7,12-17H2,1-3H3. The van der Waals surface area contributed by atoms with Crippen LogP contribution in [0, 0.1) is 5.92 Å². The van der Waals surface area contributed by atoms with E-state index in [1.54, 1.807) is 0 Å². The largest absolute Gasteiger partial charge is 0.491 e. The minimum atomic E-state index is 0.0512. The van der Waals surface area contributed by atoms with Crippen LogP contribution >= 0.6 is 0 Å². The SMILES string of the molecule is CCC(C)CCC(CC)c1ccc(OCCOCCOCCO)cc1. The van der Waals surface area contributed by atoms with E-state index in [0.717, 1.165) is 11.7 Å². The maximum Gasteiger partial charge on any atom is 0.119 e. The molecular formula is C21H36O4. The molecule has 4 nitrogen and oxygen atoms in total. The molecule has 1 N–H and O–H groups in total. The maximum absolute atomic E-state index is 8.58. The average molecular weight is 353 g/mol. The van der Waals surface area contributed by atoms with Gasteiger partial charge in [-0.1, -0.05) is 45.7 Å². The van der Waals surface area contributed by atoms with Gasteiger partial charge in [0.25, 0.3) is 0 Å². The first kappa shape index (κ1) is 21.9. The Balaban J connectivity index is 2.25. The lowest BCUT2D eigenvalue weighted by Gasteiger charge is -2.18. The van der Waals surface area contributed by atoms with Gasteiger partial charge in [-0.3, -0.25) is 0 Å². The number of benzene rings is 1. The highest BCUT2D eigenvalue weighted by Crippen LogP contribution is 2.28. The first-order chi connectivity index (χ1) is 12.2. The van der Waals surface area contributed by atoms with Crippen molar-refractivity contribution in [2.45, 2.75) is 52.4 Å². The third-order valence-electron chi connectivity index (χ3n) is 4.65. The van der Waals surface area contributed by atoms with Crippen LogP contribution in [0.5, 0.6) is 5.75 Å². The van der Waals surface area contributed by atoms with Crippen molar-refractivity contribution in [2.75, 3.05) is 39.6 Å². The number of aliphatic hydroxyl groups excluding tert-OH is 1. The van der Waals surface area contributed by atoms with Crippen molar-refractivity contribution in [1.29, 1.82) is 0 Å². The molecule has 25 heavy (non-hydrogen) atoms. The molecule has 0 spiro atoms. The van der Waals surface area contributed by atoms with Gasteiger partial charge in [0, 0.05) is 0 Å². The molecule has 0 saturated heterocycles. The lowest BCUT2D eigenvalue weighted by Crippen LogP contribution is -2.12. The zero-order valence-electron chi connectivity index (χ0n) is 16.2. The average Bonchev–Trinajstić information content (AvgIpc) is 2.65. The highest BCUT2D eigenvalue weighted by atomic mass is 16.5. The molecule has 0 heterocycles. The van der Waals surface area contributed by atoms with Crippen LogP contribution in [0.1, 0.15) is 57.9 Å². The Labute approximate surface area is 153 Å². The first-order valence-electron chi connectivity index (χ1n) is 9.70. The van der Waals surface area contributed by atoms with Crippen molar-refractivity contribution >= 4 is 0 Å². The second-order valence-corrected chi connectivity index (χ2v) is 6.56. The molecule has 0 radical (unpaired) electrons. The molecule has 1 rings (SSSR count). The second-order valence-electron chi connectivity index (χ2n) is 6.56. The summed E-state index contributed by atoms with van der Waals surface area (Å²) in [5.74, 6) is 2.34. The molecule has 0 aliphatic rings. The molecular weight excluding hydrogens is 316 g/mol. The lowest BCUT2D eigenvalue weighted by atomic mass is 9.88. The van der Waals surface area contributed by atoms with E-state index in [-0.39, 0.29) is 6.61 Å². The molecule has 0 bridgehead atoms. The summed E-state index contributed by atoms with van der Waals surface area (Å²) >= 11 is 0. The van der Waals surface area contributed by atoms with Crippen molar-refractivity contribution in [1.82, 2.24) is 0 Å². The normalized spacial score (nSPS) is 13.6. The van der Waals surface area contributed by atoms with Gasteiger partial charge in [-0.2, -0.15) is 0 Å². The second kappa shape index (κ2) is 14.1. The van der Waals surface area contributed by atoms with Gasteiger partial charge in [0.1, 0.15) is 12.4 Å². The minimum absolute atomic E-state index is 0.0512. The minimum Gasteiger partial charge on any atom is -0.491 e. The highest BCUT2D eigenvalue weighted by molar-refractivity contribution is 5.29. The summed E-state index contributed by atoms with van der Waals surface area (Å²) in [6, 6.07) is 8.52. The molecule has 4 heteroatoms. The molecule has 1 aromatic carbocycles. The third kappa shape index (κ3) is 9.83. The van der Waals surface area contributed by atoms with Gasteiger partial charge in [0.05, 0.1) is 33.0 Å². The van der Waals surface area contributed by atoms with Crippen molar-refractivity contribution in [3.05, 3.63) is 29.8 Å². The Kier molecular flexibility index (Phi) is 12.4. The molecule has 0 amide bonds. The molecule has 1 aromatic rings. The summed E-state index contributed by atoms with van der Waals surface area (Å²) in [6.07, 6.45) is 5.01. The number of ether oxygens (including phenoxy) is 3. The monoisotopic (exact) mass is 352 g/mol. The summed E-state index contributed by atoms with van der Waals surface area (Å²) < 4.78 is 16.2. The van der Waals surface area contributed by atoms with Gasteiger partial charge in [0.15, 0.2) is 0 Å². The van der Waals surface area contributed by atoms with Crippen LogP contribution < -0.4 is 4.74 Å². The Bertz CT molecular complexity index is 418. The van der Waals surface area contributed by atoms with Crippen LogP contribution in [-0.4, -0.2) is 44.7 Å². The van der Waals surface area contributed by atoms with E-state index in [1.165, 1.54) is 31.2 Å². The van der Waals surface area contributed by atoms with Crippen molar-refractivity contribution in [2.24, 2.45) is 5.92 Å². The Morgan fingerprint density at radius 2 is 1.48 bits per heavy atom. The molecule has 0 aromatic heterocycles. The molecule has 2 atom stereocenters. The summed E-state index contributed by atoms with van der Waals surface area (Å²) in [5.41, 5.74) is 1.41. The summed E-state index contributed by atoms with van der Waals surface area (Å²) in [6.45, 7) is 9.39. The van der Waals surface area contributed by atoms with Gasteiger partial charge in [-0.15, -0.1) is 0 Å². The Hall–Kier alpha value is -1.10. The zero-order valence-corrected chi connectivity index (χ0v) is 16.2. The smallest absolute Gasteiger partial charge is 0.119 e. The van der Waals surface area contributed by atoms with Crippen molar-refractivity contribution < 1.29 is 19.3 Å². The van der Waals surface area contributed by atoms with Crippen molar-refractivity contribution in [3.63, 3.8) is 0 Å². The fourth-order valence-corrected chi connectivity index (χ4v) is 2.74. The topological polar surface area (TPSA) is 47.9 Å². The van der Waals surface area contributed by atoms with E-state index in [4.69, 9.17) is 19.3 Å². The van der Waals surface area contributed by atoms with E-state index in [0.29, 0.717) is 39.0 Å². The molecule has 144 valence electrons. The molecule has 0 fully saturated rings.